The molecule has 0 radical (unpaired) electrons. The van der Waals surface area contributed by atoms with Crippen molar-refractivity contribution in [2.45, 2.75) is 91.9 Å². The van der Waals surface area contributed by atoms with E-state index in [0.29, 0.717) is 13.0 Å². The minimum absolute atomic E-state index is 0.0456. The van der Waals surface area contributed by atoms with Crippen LogP contribution in [-0.4, -0.2) is 30.1 Å². The first-order valence-electron chi connectivity index (χ1n) is 11.2. The number of benzene rings is 1. The third-order valence-electron chi connectivity index (χ3n) is 5.04. The van der Waals surface area contributed by atoms with Crippen LogP contribution in [0.25, 0.3) is 0 Å². The fourth-order valence-corrected chi connectivity index (χ4v) is 3.10. The molecule has 0 aliphatic heterocycles. The maximum absolute atomic E-state index is 12.1. The average Bonchev–Trinajstić information content (AvgIpc) is 2.63. The summed E-state index contributed by atoms with van der Waals surface area (Å²) in [4.78, 5) is 24.0. The van der Waals surface area contributed by atoms with E-state index in [1.165, 1.54) is 12.5 Å². The van der Waals surface area contributed by atoms with Gasteiger partial charge in [0.2, 0.25) is 0 Å². The second-order valence-corrected chi connectivity index (χ2v) is 10.0. The molecular weight excluding hydrogens is 392 g/mol. The first-order chi connectivity index (χ1) is 14.3. The summed E-state index contributed by atoms with van der Waals surface area (Å²) in [5.41, 5.74) is 2.08. The minimum Gasteiger partial charge on any atom is -0.511 e. The molecule has 5 nitrogen and oxygen atoms in total. The van der Waals surface area contributed by atoms with Crippen molar-refractivity contribution in [1.29, 1.82) is 0 Å². The fourth-order valence-electron chi connectivity index (χ4n) is 3.10. The van der Waals surface area contributed by atoms with Gasteiger partial charge in [0.1, 0.15) is 17.1 Å². The van der Waals surface area contributed by atoms with Crippen LogP contribution >= 0.6 is 0 Å². The number of hydrogen-bond acceptors (Lipinski definition) is 5. The van der Waals surface area contributed by atoms with Crippen molar-refractivity contribution in [3.63, 3.8) is 0 Å². The van der Waals surface area contributed by atoms with Gasteiger partial charge in [-0.3, -0.25) is 4.79 Å². The molecule has 31 heavy (non-hydrogen) atoms. The summed E-state index contributed by atoms with van der Waals surface area (Å²) in [6.45, 7) is 16.8. The Morgan fingerprint density at radius 1 is 0.968 bits per heavy atom. The Kier molecular flexibility index (Phi) is 9.79. The van der Waals surface area contributed by atoms with Crippen LogP contribution in [0.1, 0.15) is 92.2 Å². The smallest absolute Gasteiger partial charge is 0.345 e. The number of carbonyl (C=O) groups is 2. The van der Waals surface area contributed by atoms with Gasteiger partial charge in [0.15, 0.2) is 5.78 Å². The molecule has 1 aromatic rings. The van der Waals surface area contributed by atoms with E-state index in [-0.39, 0.29) is 35.2 Å². The van der Waals surface area contributed by atoms with Crippen molar-refractivity contribution < 1.29 is 24.2 Å². The monoisotopic (exact) mass is 432 g/mol. The second-order valence-electron chi connectivity index (χ2n) is 10.0. The van der Waals surface area contributed by atoms with Gasteiger partial charge in [0.25, 0.3) is 0 Å². The average molecular weight is 433 g/mol. The van der Waals surface area contributed by atoms with Crippen LogP contribution < -0.4 is 4.74 Å². The Balaban J connectivity index is 2.85. The Morgan fingerprint density at radius 2 is 1.61 bits per heavy atom. The third kappa shape index (κ3) is 8.39. The molecule has 0 saturated carbocycles. The predicted molar refractivity (Wildman–Crippen MR) is 125 cm³/mol. The van der Waals surface area contributed by atoms with Crippen molar-refractivity contribution in [1.82, 2.24) is 0 Å². The van der Waals surface area contributed by atoms with Crippen molar-refractivity contribution in [3.05, 3.63) is 40.7 Å². The molecule has 5 heteroatoms. The number of aliphatic hydroxyl groups excluding tert-OH is 1. The van der Waals surface area contributed by atoms with Crippen molar-refractivity contribution in [3.8, 4) is 5.75 Å². The summed E-state index contributed by atoms with van der Waals surface area (Å²) in [6, 6.07) is 6.29. The summed E-state index contributed by atoms with van der Waals surface area (Å²) < 4.78 is 11.1. The predicted octanol–water partition coefficient (Wildman–Crippen LogP) is 6.19. The van der Waals surface area contributed by atoms with Gasteiger partial charge >= 0.3 is 5.97 Å². The highest BCUT2D eigenvalue weighted by molar-refractivity contribution is 6.16. The summed E-state index contributed by atoms with van der Waals surface area (Å²) in [5.74, 6) is -0.675. The van der Waals surface area contributed by atoms with Gasteiger partial charge in [0.05, 0.1) is 13.2 Å². The topological polar surface area (TPSA) is 72.8 Å². The Hall–Kier alpha value is -2.30. The molecule has 0 aliphatic carbocycles. The third-order valence-corrected chi connectivity index (χ3v) is 5.04. The lowest BCUT2D eigenvalue weighted by atomic mass is 9.80. The van der Waals surface area contributed by atoms with E-state index in [4.69, 9.17) is 9.47 Å². The molecule has 0 unspecified atom stereocenters. The number of esters is 1. The van der Waals surface area contributed by atoms with Gasteiger partial charge in [0, 0.05) is 6.42 Å². The van der Waals surface area contributed by atoms with Gasteiger partial charge in [-0.25, -0.2) is 4.79 Å². The van der Waals surface area contributed by atoms with E-state index in [9.17, 15) is 14.7 Å². The lowest BCUT2D eigenvalue weighted by Crippen LogP contribution is -2.18. The number of allylic oxidation sites excluding steroid dienone is 1. The van der Waals surface area contributed by atoms with Gasteiger partial charge in [-0.1, -0.05) is 67.0 Å². The lowest BCUT2D eigenvalue weighted by molar-refractivity contribution is -0.140. The molecule has 0 saturated heterocycles. The molecule has 174 valence electrons. The van der Waals surface area contributed by atoms with Crippen molar-refractivity contribution in [2.75, 3.05) is 13.2 Å². The number of ether oxygens (including phenoxy) is 2. The molecule has 1 rings (SSSR count). The maximum atomic E-state index is 12.1. The minimum atomic E-state index is -0.757. The van der Waals surface area contributed by atoms with Crippen LogP contribution in [0.5, 0.6) is 5.75 Å². The maximum Gasteiger partial charge on any atom is 0.345 e. The molecule has 0 heterocycles. The zero-order valence-electron chi connectivity index (χ0n) is 20.6. The lowest BCUT2D eigenvalue weighted by Gasteiger charge is -2.27. The number of unbranched alkanes of at least 4 members (excludes halogenated alkanes) is 1. The zero-order valence-corrected chi connectivity index (χ0v) is 20.6. The molecule has 0 bridgehead atoms. The van der Waals surface area contributed by atoms with E-state index in [1.54, 1.807) is 0 Å². The number of rotatable bonds is 10. The van der Waals surface area contributed by atoms with Crippen LogP contribution in [-0.2, 0) is 25.2 Å². The number of carbonyl (C=O) groups excluding carboxylic acids is 2. The van der Waals surface area contributed by atoms with E-state index in [0.717, 1.165) is 24.2 Å². The zero-order chi connectivity index (χ0) is 23.8. The molecule has 0 fully saturated rings. The molecule has 0 aromatic heterocycles. The van der Waals surface area contributed by atoms with E-state index >= 15 is 0 Å². The van der Waals surface area contributed by atoms with Crippen LogP contribution in [0.2, 0.25) is 0 Å². The number of ketones is 1. The van der Waals surface area contributed by atoms with Gasteiger partial charge in [-0.2, -0.15) is 0 Å². The van der Waals surface area contributed by atoms with Crippen molar-refractivity contribution in [2.24, 2.45) is 0 Å². The summed E-state index contributed by atoms with van der Waals surface area (Å²) in [6.07, 6.45) is 2.23. The number of Topliss-reactive ketones (excluding diaryl/α,β-unsaturated/α-hetero) is 1. The Bertz CT molecular complexity index is 791. The highest BCUT2D eigenvalue weighted by atomic mass is 16.5. The van der Waals surface area contributed by atoms with Crippen molar-refractivity contribution >= 4 is 11.8 Å². The van der Waals surface area contributed by atoms with Crippen LogP contribution in [0, 0.1) is 0 Å². The first-order valence-corrected chi connectivity index (χ1v) is 11.2. The fraction of sp³-hybridized carbons (Fsp3) is 0.615. The number of aliphatic hydroxyl groups is 1. The Morgan fingerprint density at radius 3 is 2.13 bits per heavy atom. The van der Waals surface area contributed by atoms with Crippen LogP contribution in [0.4, 0.5) is 0 Å². The molecular formula is C26H40O5. The largest absolute Gasteiger partial charge is 0.511 e. The second kappa shape index (κ2) is 11.4. The quantitative estimate of drug-likeness (QED) is 0.119. The molecule has 1 N–H and O–H groups in total. The van der Waals surface area contributed by atoms with Crippen LogP contribution in [0.15, 0.2) is 29.5 Å². The van der Waals surface area contributed by atoms with E-state index in [1.807, 2.05) is 13.0 Å². The molecule has 0 aliphatic rings. The normalized spacial score (nSPS) is 12.9. The molecule has 0 spiro atoms. The SMILES string of the molecule is CCCCOC(=O)/C(C(C)=O)=C(/O)CCCOc1ccc(C(C)(C)C)cc1C(C)(C)C. The van der Waals surface area contributed by atoms with E-state index < -0.39 is 11.8 Å². The van der Waals surface area contributed by atoms with E-state index in [2.05, 4.69) is 53.7 Å². The summed E-state index contributed by atoms with van der Waals surface area (Å²) >= 11 is 0. The highest BCUT2D eigenvalue weighted by Crippen LogP contribution is 2.35. The van der Waals surface area contributed by atoms with Gasteiger partial charge in [-0.15, -0.1) is 0 Å². The molecule has 1 aromatic carbocycles. The first kappa shape index (κ1) is 26.7. The summed E-state index contributed by atoms with van der Waals surface area (Å²) in [7, 11) is 0. The molecule has 0 amide bonds. The van der Waals surface area contributed by atoms with Gasteiger partial charge < -0.3 is 14.6 Å². The molecule has 0 atom stereocenters. The standard InChI is InChI=1S/C26H40O5/c1-9-10-15-31-24(29)23(18(2)27)21(28)12-11-16-30-22-14-13-19(25(3,4)5)17-20(22)26(6,7)8/h13-14,17,28H,9-12,15-16H2,1-8H3/b23-21+. The Labute approximate surface area is 187 Å². The van der Waals surface area contributed by atoms with Gasteiger partial charge in [-0.05, 0) is 47.8 Å². The summed E-state index contributed by atoms with van der Waals surface area (Å²) in [5, 5.41) is 10.3. The van der Waals surface area contributed by atoms with Crippen LogP contribution in [0.3, 0.4) is 0 Å². The highest BCUT2D eigenvalue weighted by Gasteiger charge is 2.24. The number of hydrogen-bond donors (Lipinski definition) is 1.